The van der Waals surface area contributed by atoms with Crippen LogP contribution in [0.3, 0.4) is 0 Å². The molecule has 0 spiro atoms. The van der Waals surface area contributed by atoms with E-state index in [-0.39, 0.29) is 0 Å². The van der Waals surface area contributed by atoms with Crippen LogP contribution in [0.5, 0.6) is 0 Å². The van der Waals surface area contributed by atoms with E-state index in [4.69, 9.17) is 21.8 Å². The highest BCUT2D eigenvalue weighted by Gasteiger charge is 2.31. The lowest BCUT2D eigenvalue weighted by Crippen LogP contribution is -2.48. The third kappa shape index (κ3) is 2.74. The molecule has 0 saturated carbocycles. The Kier molecular flexibility index (Phi) is 3.42. The van der Waals surface area contributed by atoms with E-state index in [2.05, 4.69) is 0 Å². The number of hydrogen-bond acceptors (Lipinski definition) is 5. The fourth-order valence-electron chi connectivity index (χ4n) is 0.627. The minimum atomic E-state index is -1.93. The normalized spacial score (nSPS) is 21.9. The van der Waals surface area contributed by atoms with Crippen molar-refractivity contribution in [3.05, 3.63) is 0 Å². The molecule has 0 heterocycles. The van der Waals surface area contributed by atoms with Crippen LogP contribution < -0.4 is 5.73 Å². The summed E-state index contributed by atoms with van der Waals surface area (Å²) in [4.78, 5) is 10.6. The van der Waals surface area contributed by atoms with E-state index in [1.54, 1.807) is 0 Å². The summed E-state index contributed by atoms with van der Waals surface area (Å²) in [6.07, 6.45) is -6.65. The lowest BCUT2D eigenvalue weighted by molar-refractivity contribution is -0.142. The zero-order chi connectivity index (χ0) is 10.6. The molecule has 0 aliphatic heterocycles. The highest BCUT2D eigenvalue weighted by molar-refractivity contribution is 5.79. The second-order valence-electron chi connectivity index (χ2n) is 2.53. The Balaban J connectivity index is 4.24. The highest BCUT2D eigenvalue weighted by Crippen LogP contribution is 2.03. The standard InChI is InChI=1S/C6H13NO5/c1-2(8)3(9)4(10)5(11)6(7)12/h2-5,8-11H,1H3,(H2,7,12)/t2-,3-,4+,5-/m1/s1/i/hD. The SMILES string of the molecule is [2H]NC(=O)[C@H](O)[C@@H](O)[C@H](O)[C@@H](C)O. The lowest BCUT2D eigenvalue weighted by Gasteiger charge is -2.22. The lowest BCUT2D eigenvalue weighted by atomic mass is 10.0. The molecule has 0 aliphatic rings. The first-order valence-electron chi connectivity index (χ1n) is 3.85. The van der Waals surface area contributed by atoms with Crippen LogP contribution in [-0.2, 0) is 4.79 Å². The molecular weight excluding hydrogens is 166 g/mol. The Morgan fingerprint density at radius 2 is 1.83 bits per heavy atom. The summed E-state index contributed by atoms with van der Waals surface area (Å²) in [5.74, 6) is -1.15. The minimum absolute atomic E-state index is 1.15. The zero-order valence-corrected chi connectivity index (χ0v) is 6.51. The molecule has 6 heteroatoms. The van der Waals surface area contributed by atoms with E-state index in [0.29, 0.717) is 0 Å². The first-order valence-corrected chi connectivity index (χ1v) is 3.35. The van der Waals surface area contributed by atoms with Crippen LogP contribution >= 0.6 is 0 Å². The summed E-state index contributed by atoms with van der Waals surface area (Å²) in [5.41, 5.74) is 1.35. The molecule has 1 amide bonds. The van der Waals surface area contributed by atoms with E-state index in [1.807, 2.05) is 0 Å². The largest absolute Gasteiger partial charge is 0.391 e. The topological polar surface area (TPSA) is 124 Å². The van der Waals surface area contributed by atoms with Gasteiger partial charge < -0.3 is 26.2 Å². The summed E-state index contributed by atoms with van der Waals surface area (Å²) < 4.78 is 6.37. The minimum Gasteiger partial charge on any atom is -0.391 e. The Hall–Kier alpha value is -0.690. The molecule has 0 aliphatic carbocycles. The third-order valence-electron chi connectivity index (χ3n) is 1.44. The maximum Gasteiger partial charge on any atom is 0.249 e. The van der Waals surface area contributed by atoms with Gasteiger partial charge in [0.05, 0.1) is 6.10 Å². The van der Waals surface area contributed by atoms with Crippen molar-refractivity contribution < 1.29 is 26.6 Å². The van der Waals surface area contributed by atoms with Gasteiger partial charge in [-0.05, 0) is 6.92 Å². The summed E-state index contributed by atoms with van der Waals surface area (Å²) >= 11 is 0. The average Bonchev–Trinajstić information content (AvgIpc) is 2.12. The smallest absolute Gasteiger partial charge is 0.249 e. The maximum atomic E-state index is 10.6. The van der Waals surface area contributed by atoms with Crippen molar-refractivity contribution in [1.29, 1.82) is 0 Å². The average molecular weight is 180 g/mol. The van der Waals surface area contributed by atoms with E-state index in [1.165, 1.54) is 12.7 Å². The van der Waals surface area contributed by atoms with Gasteiger partial charge in [-0.1, -0.05) is 0 Å². The van der Waals surface area contributed by atoms with Crippen molar-refractivity contribution in [2.75, 3.05) is 0 Å². The van der Waals surface area contributed by atoms with Gasteiger partial charge in [0.15, 0.2) is 7.52 Å². The van der Waals surface area contributed by atoms with Crippen molar-refractivity contribution in [2.45, 2.75) is 31.3 Å². The van der Waals surface area contributed by atoms with Crippen LogP contribution in [0.1, 0.15) is 6.92 Å². The number of aliphatic hydroxyl groups excluding tert-OH is 4. The van der Waals surface area contributed by atoms with Crippen LogP contribution in [0.25, 0.3) is 0 Å². The Morgan fingerprint density at radius 1 is 1.33 bits per heavy atom. The van der Waals surface area contributed by atoms with Crippen LogP contribution in [-0.4, -0.2) is 50.7 Å². The van der Waals surface area contributed by atoms with Crippen LogP contribution in [0.2, 0.25) is 1.41 Å². The third-order valence-corrected chi connectivity index (χ3v) is 1.44. The molecule has 6 nitrogen and oxygen atoms in total. The number of carbonyl (C=O) groups is 1. The fraction of sp³-hybridized carbons (Fsp3) is 0.833. The number of aliphatic hydroxyl groups is 4. The van der Waals surface area contributed by atoms with Gasteiger partial charge in [-0.15, -0.1) is 0 Å². The van der Waals surface area contributed by atoms with Crippen molar-refractivity contribution in [1.82, 2.24) is 0 Å². The predicted octanol–water partition coefficient (Wildman–Crippen LogP) is -3.06. The number of primary amides is 1. The van der Waals surface area contributed by atoms with Gasteiger partial charge in [-0.25, -0.2) is 0 Å². The molecule has 0 rings (SSSR count). The number of nitrogens with two attached hydrogens (primary N) is 1. The Labute approximate surface area is 70.7 Å². The first-order chi connectivity index (χ1) is 5.91. The summed E-state index contributed by atoms with van der Waals surface area (Å²) in [6.45, 7) is 1.19. The number of amides is 1. The van der Waals surface area contributed by atoms with Crippen molar-refractivity contribution in [2.24, 2.45) is 5.73 Å². The summed E-state index contributed by atoms with van der Waals surface area (Å²) in [7, 11) is 0. The predicted molar refractivity (Wildman–Crippen MR) is 38.9 cm³/mol. The van der Waals surface area contributed by atoms with Crippen LogP contribution in [0, 0.1) is 0 Å². The molecular formula is C6H13NO5. The molecule has 0 aromatic carbocycles. The molecule has 0 radical (unpaired) electrons. The molecule has 0 saturated heterocycles. The number of rotatable bonds is 4. The molecule has 12 heavy (non-hydrogen) atoms. The molecule has 0 fully saturated rings. The van der Waals surface area contributed by atoms with Gasteiger partial charge in [0.25, 0.3) is 0 Å². The maximum absolute atomic E-state index is 10.6. The second-order valence-corrected chi connectivity index (χ2v) is 2.53. The van der Waals surface area contributed by atoms with Crippen molar-refractivity contribution in [3.63, 3.8) is 0 Å². The molecule has 0 bridgehead atoms. The summed E-state index contributed by atoms with van der Waals surface area (Å²) in [5, 5.41) is 35.8. The van der Waals surface area contributed by atoms with Crippen molar-refractivity contribution in [3.8, 4) is 0 Å². The number of carbonyl (C=O) groups excluding carboxylic acids is 1. The Morgan fingerprint density at radius 3 is 2.17 bits per heavy atom. The molecule has 4 atom stereocenters. The van der Waals surface area contributed by atoms with Crippen LogP contribution in [0.15, 0.2) is 0 Å². The molecule has 0 aromatic heterocycles. The Bertz CT molecular complexity index is 176. The van der Waals surface area contributed by atoms with Gasteiger partial charge >= 0.3 is 0 Å². The molecule has 0 aromatic rings. The van der Waals surface area contributed by atoms with Gasteiger partial charge in [-0.3, -0.25) is 4.79 Å². The summed E-state index contributed by atoms with van der Waals surface area (Å²) in [6, 6.07) is 0. The van der Waals surface area contributed by atoms with Gasteiger partial charge in [-0.2, -0.15) is 0 Å². The van der Waals surface area contributed by atoms with E-state index < -0.39 is 30.3 Å². The molecule has 72 valence electrons. The highest BCUT2D eigenvalue weighted by atomic mass is 16.4. The number of hydrogen-bond donors (Lipinski definition) is 5. The quantitative estimate of drug-likeness (QED) is 0.314. The van der Waals surface area contributed by atoms with Crippen molar-refractivity contribution >= 4 is 5.91 Å². The van der Waals surface area contributed by atoms with E-state index in [0.717, 1.165) is 0 Å². The monoisotopic (exact) mass is 180 g/mol. The van der Waals surface area contributed by atoms with Gasteiger partial charge in [0, 0.05) is 0 Å². The fourth-order valence-corrected chi connectivity index (χ4v) is 0.627. The van der Waals surface area contributed by atoms with Gasteiger partial charge in [0.1, 0.15) is 12.2 Å². The first kappa shape index (κ1) is 9.40. The molecule has 6 N–H and O–H groups in total. The van der Waals surface area contributed by atoms with Crippen LogP contribution in [0.4, 0.5) is 0 Å². The van der Waals surface area contributed by atoms with E-state index >= 15 is 0 Å². The second kappa shape index (κ2) is 4.36. The zero-order valence-electron chi connectivity index (χ0n) is 7.51. The van der Waals surface area contributed by atoms with Gasteiger partial charge in [0.2, 0.25) is 5.91 Å². The van der Waals surface area contributed by atoms with E-state index in [9.17, 15) is 4.79 Å². The molecule has 0 unspecified atom stereocenters.